The Hall–Kier alpha value is -3.20. The summed E-state index contributed by atoms with van der Waals surface area (Å²) in [7, 11) is 0. The largest absolute Gasteiger partial charge is 0.338 e. The molecule has 0 aromatic carbocycles. The number of hydrogen-bond donors (Lipinski definition) is 0. The molecular formula is C21H16N4O2. The Morgan fingerprint density at radius 3 is 2.74 bits per heavy atom. The minimum atomic E-state index is -0.581. The molecule has 2 aromatic heterocycles. The Morgan fingerprint density at radius 2 is 2.00 bits per heavy atom. The molecule has 1 saturated carbocycles. The number of nitrogens with zero attached hydrogens (tertiary/aromatic N) is 4. The maximum atomic E-state index is 13.0. The molecule has 4 aliphatic rings. The first-order valence-corrected chi connectivity index (χ1v) is 9.27. The molecule has 0 spiro atoms. The molecule has 1 saturated heterocycles. The molecule has 132 valence electrons. The van der Waals surface area contributed by atoms with E-state index in [1.54, 1.807) is 11.1 Å². The number of allylic oxidation sites excluding steroid dienone is 2. The number of amides is 1. The summed E-state index contributed by atoms with van der Waals surface area (Å²) in [5.74, 6) is 0.0552. The molecular weight excluding hydrogens is 340 g/mol. The van der Waals surface area contributed by atoms with E-state index in [0.29, 0.717) is 25.1 Å². The van der Waals surface area contributed by atoms with Crippen LogP contribution < -0.4 is 0 Å². The van der Waals surface area contributed by atoms with Crippen LogP contribution in [0.25, 0.3) is 16.7 Å². The summed E-state index contributed by atoms with van der Waals surface area (Å²) in [5, 5.41) is 8.97. The van der Waals surface area contributed by atoms with Gasteiger partial charge in [0.2, 0.25) is 5.91 Å². The van der Waals surface area contributed by atoms with E-state index < -0.39 is 5.54 Å². The zero-order chi connectivity index (χ0) is 18.3. The molecule has 6 heteroatoms. The van der Waals surface area contributed by atoms with E-state index in [9.17, 15) is 9.59 Å². The Morgan fingerprint density at radius 1 is 1.22 bits per heavy atom. The van der Waals surface area contributed by atoms with Gasteiger partial charge in [0, 0.05) is 60.4 Å². The topological polar surface area (TPSA) is 79.0 Å². The first-order chi connectivity index (χ1) is 13.1. The molecule has 0 radical (unpaired) electrons. The summed E-state index contributed by atoms with van der Waals surface area (Å²) in [6.07, 6.45) is 9.82. The fourth-order valence-electron chi connectivity index (χ4n) is 4.66. The fraction of sp³-hybridized carbons (Fsp3) is 0.333. The SMILES string of the molecule is N#CC1CN(C(=O)C2(n3cc4c(c3)-c3ccnc5c3C(=CC5)C4=O)CC2)C1. The highest BCUT2D eigenvalue weighted by molar-refractivity contribution is 6.35. The number of fused-ring (bicyclic) bond motifs is 2. The summed E-state index contributed by atoms with van der Waals surface area (Å²) < 4.78 is 1.95. The number of aromatic nitrogens is 2. The van der Waals surface area contributed by atoms with Crippen LogP contribution in [0.2, 0.25) is 0 Å². The molecule has 3 aliphatic carbocycles. The lowest BCUT2D eigenvalue weighted by Crippen LogP contribution is -2.54. The number of likely N-dealkylation sites (tertiary alicyclic amines) is 1. The van der Waals surface area contributed by atoms with Gasteiger partial charge in [-0.25, -0.2) is 0 Å². The maximum Gasteiger partial charge on any atom is 0.248 e. The van der Waals surface area contributed by atoms with Gasteiger partial charge < -0.3 is 9.47 Å². The van der Waals surface area contributed by atoms with Crippen LogP contribution in [0.5, 0.6) is 0 Å². The molecule has 27 heavy (non-hydrogen) atoms. The Balaban J connectivity index is 1.43. The molecule has 1 aliphatic heterocycles. The van der Waals surface area contributed by atoms with Crippen LogP contribution in [-0.4, -0.2) is 39.2 Å². The molecule has 6 rings (SSSR count). The van der Waals surface area contributed by atoms with Crippen molar-refractivity contribution in [2.75, 3.05) is 13.1 Å². The molecule has 0 unspecified atom stereocenters. The highest BCUT2D eigenvalue weighted by Crippen LogP contribution is 2.50. The van der Waals surface area contributed by atoms with E-state index >= 15 is 0 Å². The first-order valence-electron chi connectivity index (χ1n) is 9.27. The van der Waals surface area contributed by atoms with E-state index in [-0.39, 0.29) is 17.6 Å². The van der Waals surface area contributed by atoms with Crippen molar-refractivity contribution in [3.63, 3.8) is 0 Å². The number of rotatable bonds is 2. The summed E-state index contributed by atoms with van der Waals surface area (Å²) in [5.41, 5.74) is 4.68. The number of hydrogen-bond acceptors (Lipinski definition) is 4. The standard InChI is InChI=1S/C21H16N4O2/c22-7-12-8-24(9-12)20(27)21(4-5-21)25-10-15-13-3-6-23-17-2-1-14(18(13)17)19(26)16(15)11-25/h1,3,6,10-12H,2,4-5,8-9H2. The van der Waals surface area contributed by atoms with Crippen molar-refractivity contribution in [2.45, 2.75) is 24.8 Å². The Bertz CT molecular complexity index is 1120. The molecule has 1 amide bonds. The number of ketones is 1. The second kappa shape index (κ2) is 4.74. The lowest BCUT2D eigenvalue weighted by atomic mass is 9.86. The van der Waals surface area contributed by atoms with Crippen molar-refractivity contribution >= 4 is 17.3 Å². The van der Waals surface area contributed by atoms with Crippen molar-refractivity contribution in [1.29, 1.82) is 5.26 Å². The maximum absolute atomic E-state index is 13.0. The van der Waals surface area contributed by atoms with E-state index in [1.807, 2.05) is 29.1 Å². The third kappa shape index (κ3) is 1.76. The molecule has 0 N–H and O–H groups in total. The van der Waals surface area contributed by atoms with E-state index in [1.165, 1.54) is 0 Å². The minimum Gasteiger partial charge on any atom is -0.338 e. The van der Waals surface area contributed by atoms with Crippen LogP contribution >= 0.6 is 0 Å². The van der Waals surface area contributed by atoms with Gasteiger partial charge in [0.05, 0.1) is 17.7 Å². The number of Topliss-reactive ketones (excluding diaryl/α,β-unsaturated/α-hetero) is 1. The number of pyridine rings is 1. The van der Waals surface area contributed by atoms with E-state index in [2.05, 4.69) is 11.1 Å². The summed E-state index contributed by atoms with van der Waals surface area (Å²) in [6.45, 7) is 1.03. The first kappa shape index (κ1) is 14.9. The number of carbonyl (C=O) groups is 2. The molecule has 0 atom stereocenters. The lowest BCUT2D eigenvalue weighted by molar-refractivity contribution is -0.141. The number of nitriles is 1. The summed E-state index contributed by atoms with van der Waals surface area (Å²) in [6, 6.07) is 4.17. The molecule has 2 fully saturated rings. The monoisotopic (exact) mass is 356 g/mol. The normalized spacial score (nSPS) is 21.1. The second-order valence-corrected chi connectivity index (χ2v) is 7.89. The van der Waals surface area contributed by atoms with Crippen molar-refractivity contribution in [2.24, 2.45) is 5.92 Å². The second-order valence-electron chi connectivity index (χ2n) is 7.89. The van der Waals surface area contributed by atoms with Gasteiger partial charge in [0.15, 0.2) is 5.78 Å². The van der Waals surface area contributed by atoms with Crippen LogP contribution in [-0.2, 0) is 16.8 Å². The average Bonchev–Trinajstić information content (AvgIpc) is 3.13. The van der Waals surface area contributed by atoms with Gasteiger partial charge in [-0.1, -0.05) is 6.08 Å². The Kier molecular flexibility index (Phi) is 2.62. The van der Waals surface area contributed by atoms with Gasteiger partial charge in [-0.2, -0.15) is 5.26 Å². The van der Waals surface area contributed by atoms with Gasteiger partial charge in [-0.3, -0.25) is 14.6 Å². The zero-order valence-corrected chi connectivity index (χ0v) is 14.6. The van der Waals surface area contributed by atoms with Gasteiger partial charge >= 0.3 is 0 Å². The molecule has 6 nitrogen and oxygen atoms in total. The van der Waals surface area contributed by atoms with Gasteiger partial charge in [0.25, 0.3) is 0 Å². The Labute approximate surface area is 155 Å². The quantitative estimate of drug-likeness (QED) is 0.826. The van der Waals surface area contributed by atoms with Gasteiger partial charge in [-0.15, -0.1) is 0 Å². The predicted molar refractivity (Wildman–Crippen MR) is 96.6 cm³/mol. The van der Waals surface area contributed by atoms with Crippen molar-refractivity contribution in [1.82, 2.24) is 14.5 Å². The average molecular weight is 356 g/mol. The number of carbonyl (C=O) groups excluding carboxylic acids is 2. The lowest BCUT2D eigenvalue weighted by Gasteiger charge is -2.38. The molecule has 3 heterocycles. The van der Waals surface area contributed by atoms with Gasteiger partial charge in [0.1, 0.15) is 5.54 Å². The fourth-order valence-corrected chi connectivity index (χ4v) is 4.66. The van der Waals surface area contributed by atoms with Crippen LogP contribution in [0.15, 0.2) is 30.7 Å². The van der Waals surface area contributed by atoms with Crippen LogP contribution in [0.4, 0.5) is 0 Å². The third-order valence-electron chi connectivity index (χ3n) is 6.37. The highest BCUT2D eigenvalue weighted by atomic mass is 16.2. The van der Waals surface area contributed by atoms with E-state index in [0.717, 1.165) is 40.8 Å². The molecule has 0 bridgehead atoms. The van der Waals surface area contributed by atoms with Crippen LogP contribution in [0.1, 0.15) is 34.5 Å². The summed E-state index contributed by atoms with van der Waals surface area (Å²) >= 11 is 0. The summed E-state index contributed by atoms with van der Waals surface area (Å²) in [4.78, 5) is 32.2. The van der Waals surface area contributed by atoms with Crippen LogP contribution in [0, 0.1) is 17.2 Å². The molecule has 2 aromatic rings. The smallest absolute Gasteiger partial charge is 0.248 e. The van der Waals surface area contributed by atoms with Crippen molar-refractivity contribution in [3.05, 3.63) is 47.6 Å². The predicted octanol–water partition coefficient (Wildman–Crippen LogP) is 2.16. The third-order valence-corrected chi connectivity index (χ3v) is 6.37. The zero-order valence-electron chi connectivity index (χ0n) is 14.6. The van der Waals surface area contributed by atoms with Crippen LogP contribution in [0.3, 0.4) is 0 Å². The van der Waals surface area contributed by atoms with Crippen molar-refractivity contribution < 1.29 is 9.59 Å². The van der Waals surface area contributed by atoms with E-state index in [4.69, 9.17) is 5.26 Å². The minimum absolute atomic E-state index is 0.0275. The highest BCUT2D eigenvalue weighted by Gasteiger charge is 2.55. The van der Waals surface area contributed by atoms with Gasteiger partial charge in [-0.05, 0) is 24.5 Å². The van der Waals surface area contributed by atoms with Crippen molar-refractivity contribution in [3.8, 4) is 17.2 Å².